The van der Waals surface area contributed by atoms with Crippen LogP contribution in [0.15, 0.2) is 41.3 Å². The van der Waals surface area contributed by atoms with Gasteiger partial charge in [-0.2, -0.15) is 0 Å². The lowest BCUT2D eigenvalue weighted by atomic mass is 10.1. The molecule has 0 amide bonds. The average molecular weight is 290 g/mol. The molecule has 20 heavy (non-hydrogen) atoms. The quantitative estimate of drug-likeness (QED) is 0.854. The first kappa shape index (κ1) is 14.4. The van der Waals surface area contributed by atoms with Crippen molar-refractivity contribution in [3.63, 3.8) is 0 Å². The summed E-state index contributed by atoms with van der Waals surface area (Å²) in [6.45, 7) is 5.67. The molecule has 0 aliphatic carbocycles. The molecule has 0 fully saturated rings. The summed E-state index contributed by atoms with van der Waals surface area (Å²) in [4.78, 5) is 0.113. The Kier molecular flexibility index (Phi) is 3.72. The van der Waals surface area contributed by atoms with Gasteiger partial charge in [0.2, 0.25) is 0 Å². The van der Waals surface area contributed by atoms with Crippen molar-refractivity contribution in [3.05, 3.63) is 53.1 Å². The maximum Gasteiger partial charge on any atom is 0.263 e. The van der Waals surface area contributed by atoms with Crippen molar-refractivity contribution in [2.45, 2.75) is 25.7 Å². The van der Waals surface area contributed by atoms with Crippen LogP contribution in [0.4, 0.5) is 11.4 Å². The maximum atomic E-state index is 12.4. The third-order valence-electron chi connectivity index (χ3n) is 3.19. The zero-order chi connectivity index (χ0) is 14.9. The predicted octanol–water partition coefficient (Wildman–Crippen LogP) is 2.99. The number of nitrogens with two attached hydrogens (primary N) is 1. The first-order valence-corrected chi connectivity index (χ1v) is 7.74. The number of hydrogen-bond acceptors (Lipinski definition) is 3. The van der Waals surface area contributed by atoms with Gasteiger partial charge in [-0.25, -0.2) is 8.42 Å². The number of anilines is 2. The largest absolute Gasteiger partial charge is 0.398 e. The van der Waals surface area contributed by atoms with Gasteiger partial charge in [0.05, 0.1) is 5.69 Å². The van der Waals surface area contributed by atoms with Crippen LogP contribution >= 0.6 is 0 Å². The fourth-order valence-corrected chi connectivity index (χ4v) is 3.21. The Balaban J connectivity index is 2.43. The molecule has 5 heteroatoms. The fraction of sp³-hybridized carbons (Fsp3) is 0.200. The van der Waals surface area contributed by atoms with E-state index < -0.39 is 10.0 Å². The molecule has 0 spiro atoms. The summed E-state index contributed by atoms with van der Waals surface area (Å²) >= 11 is 0. The zero-order valence-electron chi connectivity index (χ0n) is 11.8. The molecule has 0 aliphatic heterocycles. The average Bonchev–Trinajstić information content (AvgIpc) is 2.33. The first-order valence-electron chi connectivity index (χ1n) is 6.26. The molecule has 2 aromatic rings. The molecule has 0 heterocycles. The molecular formula is C15H18N2O2S. The number of sulfonamides is 1. The minimum atomic E-state index is -3.68. The molecule has 3 N–H and O–H groups in total. The molecule has 0 saturated carbocycles. The molecule has 0 unspecified atom stereocenters. The molecule has 0 radical (unpaired) electrons. The van der Waals surface area contributed by atoms with Gasteiger partial charge in [-0.3, -0.25) is 4.72 Å². The molecule has 0 saturated heterocycles. The van der Waals surface area contributed by atoms with Crippen LogP contribution in [-0.2, 0) is 10.0 Å². The van der Waals surface area contributed by atoms with E-state index in [0.717, 1.165) is 16.7 Å². The van der Waals surface area contributed by atoms with Crippen LogP contribution in [0, 0.1) is 20.8 Å². The van der Waals surface area contributed by atoms with Crippen LogP contribution in [0.3, 0.4) is 0 Å². The van der Waals surface area contributed by atoms with E-state index in [-0.39, 0.29) is 10.6 Å². The van der Waals surface area contributed by atoms with E-state index in [2.05, 4.69) is 4.72 Å². The Morgan fingerprint density at radius 3 is 2.30 bits per heavy atom. The first-order chi connectivity index (χ1) is 9.29. The van der Waals surface area contributed by atoms with Gasteiger partial charge in [0.1, 0.15) is 4.90 Å². The van der Waals surface area contributed by atoms with Crippen LogP contribution < -0.4 is 10.5 Å². The molecule has 2 rings (SSSR count). The number of benzene rings is 2. The lowest BCUT2D eigenvalue weighted by Gasteiger charge is -2.12. The summed E-state index contributed by atoms with van der Waals surface area (Å²) in [6, 6.07) is 10.5. The summed E-state index contributed by atoms with van der Waals surface area (Å²) in [6.07, 6.45) is 0. The summed E-state index contributed by atoms with van der Waals surface area (Å²) in [5.74, 6) is 0. The fourth-order valence-electron chi connectivity index (χ4n) is 1.96. The Bertz CT molecular complexity index is 752. The van der Waals surface area contributed by atoms with E-state index in [1.165, 1.54) is 0 Å². The highest BCUT2D eigenvalue weighted by molar-refractivity contribution is 7.92. The van der Waals surface area contributed by atoms with Gasteiger partial charge in [0.25, 0.3) is 10.0 Å². The van der Waals surface area contributed by atoms with E-state index in [1.807, 2.05) is 26.8 Å². The molecular weight excluding hydrogens is 272 g/mol. The summed E-state index contributed by atoms with van der Waals surface area (Å²) in [5.41, 5.74) is 9.48. The van der Waals surface area contributed by atoms with Gasteiger partial charge in [0.15, 0.2) is 0 Å². The number of aryl methyl sites for hydroxylation is 3. The van der Waals surface area contributed by atoms with E-state index >= 15 is 0 Å². The van der Waals surface area contributed by atoms with Crippen molar-refractivity contribution in [2.24, 2.45) is 0 Å². The minimum Gasteiger partial charge on any atom is -0.398 e. The van der Waals surface area contributed by atoms with Crippen LogP contribution in [0.2, 0.25) is 0 Å². The highest BCUT2D eigenvalue weighted by atomic mass is 32.2. The van der Waals surface area contributed by atoms with E-state index in [1.54, 1.807) is 30.3 Å². The Morgan fingerprint density at radius 2 is 1.65 bits per heavy atom. The zero-order valence-corrected chi connectivity index (χ0v) is 12.6. The molecule has 0 bridgehead atoms. The van der Waals surface area contributed by atoms with Gasteiger partial charge in [0, 0.05) is 5.69 Å². The third-order valence-corrected chi connectivity index (χ3v) is 4.62. The number of hydrogen-bond donors (Lipinski definition) is 2. The Hall–Kier alpha value is -2.01. The molecule has 4 nitrogen and oxygen atoms in total. The Labute approximate surface area is 119 Å². The topological polar surface area (TPSA) is 72.2 Å². The normalized spacial score (nSPS) is 11.3. The molecule has 106 valence electrons. The third kappa shape index (κ3) is 2.93. The van der Waals surface area contributed by atoms with Crippen LogP contribution in [0.1, 0.15) is 16.7 Å². The monoisotopic (exact) mass is 290 g/mol. The highest BCUT2D eigenvalue weighted by Gasteiger charge is 2.18. The summed E-state index contributed by atoms with van der Waals surface area (Å²) in [5, 5.41) is 0. The standard InChI is InChI=1S/C15H18N2O2S/c1-10-5-4-6-13(7-10)17-20(18,19)15-9-12(3)11(2)8-14(15)16/h4-9,17H,16H2,1-3H3. The van der Waals surface area contributed by atoms with Crippen molar-refractivity contribution >= 4 is 21.4 Å². The number of nitrogens with one attached hydrogen (secondary N) is 1. The second kappa shape index (κ2) is 5.17. The predicted molar refractivity (Wildman–Crippen MR) is 82.3 cm³/mol. The van der Waals surface area contributed by atoms with Crippen molar-refractivity contribution in [1.29, 1.82) is 0 Å². The summed E-state index contributed by atoms with van der Waals surface area (Å²) < 4.78 is 27.4. The van der Waals surface area contributed by atoms with Gasteiger partial charge in [-0.15, -0.1) is 0 Å². The highest BCUT2D eigenvalue weighted by Crippen LogP contribution is 2.25. The van der Waals surface area contributed by atoms with Gasteiger partial charge < -0.3 is 5.73 Å². The maximum absolute atomic E-state index is 12.4. The van der Waals surface area contributed by atoms with E-state index in [9.17, 15) is 8.42 Å². The van der Waals surface area contributed by atoms with Gasteiger partial charge >= 0.3 is 0 Å². The minimum absolute atomic E-state index is 0.113. The van der Waals surface area contributed by atoms with E-state index in [4.69, 9.17) is 5.73 Å². The van der Waals surface area contributed by atoms with Crippen LogP contribution in [0.5, 0.6) is 0 Å². The Morgan fingerprint density at radius 1 is 1.00 bits per heavy atom. The molecule has 0 aliphatic rings. The van der Waals surface area contributed by atoms with Crippen LogP contribution in [-0.4, -0.2) is 8.42 Å². The molecule has 0 atom stereocenters. The lowest BCUT2D eigenvalue weighted by Crippen LogP contribution is -2.15. The second-order valence-electron chi connectivity index (χ2n) is 4.95. The van der Waals surface area contributed by atoms with Crippen molar-refractivity contribution in [2.75, 3.05) is 10.5 Å². The SMILES string of the molecule is Cc1cccc(NS(=O)(=O)c2cc(C)c(C)cc2N)c1. The lowest BCUT2D eigenvalue weighted by molar-refractivity contribution is 0.601. The van der Waals surface area contributed by atoms with Crippen molar-refractivity contribution in [3.8, 4) is 0 Å². The summed E-state index contributed by atoms with van der Waals surface area (Å²) in [7, 11) is -3.68. The molecule has 2 aromatic carbocycles. The van der Waals surface area contributed by atoms with Crippen molar-refractivity contribution < 1.29 is 8.42 Å². The van der Waals surface area contributed by atoms with Gasteiger partial charge in [-0.1, -0.05) is 12.1 Å². The smallest absolute Gasteiger partial charge is 0.263 e. The van der Waals surface area contributed by atoms with E-state index in [0.29, 0.717) is 5.69 Å². The second-order valence-corrected chi connectivity index (χ2v) is 6.60. The molecule has 0 aromatic heterocycles. The van der Waals surface area contributed by atoms with Gasteiger partial charge in [-0.05, 0) is 61.7 Å². The van der Waals surface area contributed by atoms with Crippen molar-refractivity contribution in [1.82, 2.24) is 0 Å². The van der Waals surface area contributed by atoms with Crippen LogP contribution in [0.25, 0.3) is 0 Å². The number of rotatable bonds is 3. The number of nitrogen functional groups attached to an aromatic ring is 1.